The van der Waals surface area contributed by atoms with Crippen molar-refractivity contribution in [2.45, 2.75) is 52.6 Å². The molecule has 0 unspecified atom stereocenters. The van der Waals surface area contributed by atoms with Crippen LogP contribution in [0.2, 0.25) is 0 Å². The van der Waals surface area contributed by atoms with Gasteiger partial charge in [-0.05, 0) is 62.4 Å². The van der Waals surface area contributed by atoms with E-state index in [1.807, 2.05) is 44.3 Å². The maximum absolute atomic E-state index is 10.8. The highest BCUT2D eigenvalue weighted by Gasteiger charge is 2.15. The van der Waals surface area contributed by atoms with Gasteiger partial charge in [0, 0.05) is 30.1 Å². The summed E-state index contributed by atoms with van der Waals surface area (Å²) in [4.78, 5) is 24.6. The van der Waals surface area contributed by atoms with Crippen LogP contribution in [0.25, 0.3) is 25.9 Å². The number of ether oxygens (including phenoxy) is 1. The minimum atomic E-state index is -0.787. The Kier molecular flexibility index (Phi) is 7.37. The second-order valence-corrected chi connectivity index (χ2v) is 8.41. The van der Waals surface area contributed by atoms with Crippen LogP contribution in [0.3, 0.4) is 0 Å². The number of hydrogen-bond acceptors (Lipinski definition) is 5. The molecule has 0 radical (unpaired) electrons. The van der Waals surface area contributed by atoms with Crippen molar-refractivity contribution >= 4 is 23.0 Å². The summed E-state index contributed by atoms with van der Waals surface area (Å²) in [7, 11) is 0. The lowest BCUT2D eigenvalue weighted by Crippen LogP contribution is -2.05. The van der Waals surface area contributed by atoms with Gasteiger partial charge in [-0.1, -0.05) is 13.0 Å². The number of rotatable bonds is 9. The Hall–Kier alpha value is -3.24. The zero-order valence-electron chi connectivity index (χ0n) is 17.9. The smallest absolute Gasteiger partial charge is 0.303 e. The van der Waals surface area contributed by atoms with Crippen LogP contribution >= 0.6 is 11.3 Å². The highest BCUT2D eigenvalue weighted by Crippen LogP contribution is 2.38. The number of benzene rings is 1. The summed E-state index contributed by atoms with van der Waals surface area (Å²) < 4.78 is 5.72. The molecule has 2 aromatic heterocycles. The highest BCUT2D eigenvalue weighted by molar-refractivity contribution is 7.18. The number of carboxylic acid groups (broad SMARTS) is 1. The Morgan fingerprint density at radius 1 is 1.29 bits per heavy atom. The third kappa shape index (κ3) is 5.47. The van der Waals surface area contributed by atoms with E-state index in [0.29, 0.717) is 24.3 Å². The van der Waals surface area contributed by atoms with Crippen molar-refractivity contribution in [1.29, 1.82) is 0 Å². The first kappa shape index (κ1) is 22.4. The first-order valence-corrected chi connectivity index (χ1v) is 11.1. The number of aromatic nitrogens is 2. The van der Waals surface area contributed by atoms with E-state index in [2.05, 4.69) is 21.7 Å². The first-order valence-electron chi connectivity index (χ1n) is 10.3. The fraction of sp³-hybridized carbons (Fsp3) is 0.333. The van der Waals surface area contributed by atoms with Gasteiger partial charge in [-0.15, -0.1) is 11.3 Å². The molecule has 6 nitrogen and oxygen atoms in total. The van der Waals surface area contributed by atoms with E-state index in [0.717, 1.165) is 38.7 Å². The predicted molar refractivity (Wildman–Crippen MR) is 123 cm³/mol. The molecule has 0 aliphatic heterocycles. The minimum Gasteiger partial charge on any atom is -0.502 e. The fourth-order valence-corrected chi connectivity index (χ4v) is 4.37. The average Bonchev–Trinajstić information content (AvgIpc) is 3.23. The van der Waals surface area contributed by atoms with Crippen LogP contribution in [0.15, 0.2) is 36.7 Å². The molecule has 1 aromatic carbocycles. The maximum atomic E-state index is 10.8. The quantitative estimate of drug-likeness (QED) is 0.406. The molecule has 0 aliphatic carbocycles. The highest BCUT2D eigenvalue weighted by atomic mass is 32.1. The molecule has 0 bridgehead atoms. The molecule has 3 aromatic rings. The fourth-order valence-electron chi connectivity index (χ4n) is 3.41. The van der Waals surface area contributed by atoms with Crippen LogP contribution in [0.1, 0.15) is 44.9 Å². The summed E-state index contributed by atoms with van der Waals surface area (Å²) in [5, 5.41) is 9.74. The molecular weight excluding hydrogens is 410 g/mol. The lowest BCUT2D eigenvalue weighted by Gasteiger charge is -2.12. The molecule has 31 heavy (non-hydrogen) atoms. The third-order valence-corrected chi connectivity index (χ3v) is 5.84. The van der Waals surface area contributed by atoms with E-state index in [9.17, 15) is 4.79 Å². The van der Waals surface area contributed by atoms with Crippen LogP contribution in [-0.2, 0) is 17.6 Å². The van der Waals surface area contributed by atoms with Crippen molar-refractivity contribution in [3.05, 3.63) is 59.3 Å². The van der Waals surface area contributed by atoms with E-state index in [-0.39, 0.29) is 12.5 Å². The number of aliphatic carboxylic acids is 1. The van der Waals surface area contributed by atoms with Crippen LogP contribution in [0.5, 0.6) is 5.75 Å². The van der Waals surface area contributed by atoms with Crippen molar-refractivity contribution in [2.24, 2.45) is 0 Å². The SMILES string of the molecule is [C-]#[N+]c1cc(-c2ncc(-c3ccnc(CCCC(=O)O)c3CC)s2)ccc1OC(C)C. The molecule has 0 aliphatic rings. The summed E-state index contributed by atoms with van der Waals surface area (Å²) in [5.74, 6) is -0.205. The lowest BCUT2D eigenvalue weighted by molar-refractivity contribution is -0.137. The van der Waals surface area contributed by atoms with Crippen molar-refractivity contribution in [2.75, 3.05) is 0 Å². The molecular formula is C24H25N3O3S. The monoisotopic (exact) mass is 435 g/mol. The van der Waals surface area contributed by atoms with Gasteiger partial charge in [0.15, 0.2) is 0 Å². The van der Waals surface area contributed by atoms with Crippen molar-refractivity contribution in [3.63, 3.8) is 0 Å². The molecule has 0 atom stereocenters. The molecule has 1 N–H and O–H groups in total. The van der Waals surface area contributed by atoms with Gasteiger partial charge in [0.2, 0.25) is 5.69 Å². The molecule has 160 valence electrons. The van der Waals surface area contributed by atoms with E-state index in [4.69, 9.17) is 16.4 Å². The van der Waals surface area contributed by atoms with Gasteiger partial charge in [-0.2, -0.15) is 0 Å². The summed E-state index contributed by atoms with van der Waals surface area (Å²) in [6.45, 7) is 13.4. The Morgan fingerprint density at radius 2 is 2.10 bits per heavy atom. The Labute approximate surface area is 186 Å². The normalized spacial score (nSPS) is 10.8. The van der Waals surface area contributed by atoms with Crippen LogP contribution in [0, 0.1) is 6.57 Å². The largest absolute Gasteiger partial charge is 0.502 e. The summed E-state index contributed by atoms with van der Waals surface area (Å²) in [5.41, 5.74) is 4.51. The Balaban J connectivity index is 1.90. The number of aryl methyl sites for hydroxylation is 1. The van der Waals surface area contributed by atoms with Gasteiger partial charge < -0.3 is 9.84 Å². The predicted octanol–water partition coefficient (Wildman–Crippen LogP) is 6.18. The molecule has 0 amide bonds. The van der Waals surface area contributed by atoms with Crippen molar-refractivity contribution in [3.8, 4) is 26.8 Å². The lowest BCUT2D eigenvalue weighted by atomic mass is 10.00. The number of hydrogen-bond donors (Lipinski definition) is 1. The number of carboxylic acids is 1. The van der Waals surface area contributed by atoms with E-state index < -0.39 is 5.97 Å². The average molecular weight is 436 g/mol. The van der Waals surface area contributed by atoms with Crippen molar-refractivity contribution in [1.82, 2.24) is 9.97 Å². The maximum Gasteiger partial charge on any atom is 0.303 e. The molecule has 3 rings (SSSR count). The Morgan fingerprint density at radius 3 is 2.77 bits per heavy atom. The molecule has 2 heterocycles. The number of pyridine rings is 1. The van der Waals surface area contributed by atoms with Crippen LogP contribution < -0.4 is 4.74 Å². The van der Waals surface area contributed by atoms with Gasteiger partial charge in [0.05, 0.1) is 17.6 Å². The van der Waals surface area contributed by atoms with Gasteiger partial charge in [-0.25, -0.2) is 9.83 Å². The van der Waals surface area contributed by atoms with E-state index >= 15 is 0 Å². The van der Waals surface area contributed by atoms with Gasteiger partial charge in [0.25, 0.3) is 0 Å². The number of nitrogens with zero attached hydrogens (tertiary/aromatic N) is 3. The minimum absolute atomic E-state index is 0.00154. The molecule has 0 saturated carbocycles. The summed E-state index contributed by atoms with van der Waals surface area (Å²) >= 11 is 1.57. The second-order valence-electron chi connectivity index (χ2n) is 7.38. The summed E-state index contributed by atoms with van der Waals surface area (Å²) in [6.07, 6.45) is 5.78. The van der Waals surface area contributed by atoms with Gasteiger partial charge >= 0.3 is 5.97 Å². The second kappa shape index (κ2) is 10.2. The summed E-state index contributed by atoms with van der Waals surface area (Å²) in [6, 6.07) is 7.56. The first-order chi connectivity index (χ1) is 14.9. The van der Waals surface area contributed by atoms with Gasteiger partial charge in [-0.3, -0.25) is 9.78 Å². The van der Waals surface area contributed by atoms with Crippen LogP contribution in [0.4, 0.5) is 5.69 Å². The number of thiazole rings is 1. The zero-order chi connectivity index (χ0) is 22.4. The number of carbonyl (C=O) groups is 1. The van der Waals surface area contributed by atoms with E-state index in [1.54, 1.807) is 17.5 Å². The molecule has 0 spiro atoms. The van der Waals surface area contributed by atoms with Gasteiger partial charge in [0.1, 0.15) is 10.8 Å². The van der Waals surface area contributed by atoms with Crippen LogP contribution in [-0.4, -0.2) is 27.1 Å². The molecule has 0 fully saturated rings. The molecule has 7 heteroatoms. The third-order valence-electron chi connectivity index (χ3n) is 4.76. The van der Waals surface area contributed by atoms with E-state index in [1.165, 1.54) is 0 Å². The molecule has 0 saturated heterocycles. The van der Waals surface area contributed by atoms with Crippen molar-refractivity contribution < 1.29 is 14.6 Å². The Bertz CT molecular complexity index is 1120. The topological polar surface area (TPSA) is 76.7 Å². The standard InChI is InChI=1S/C24H25N3O3S/c1-5-17-18(11-12-26-19(17)7-6-8-23(28)29)22-14-27-24(31-22)16-9-10-21(30-15(2)3)20(13-16)25-4/h9-15H,5-8H2,1-3H3,(H,28,29). The zero-order valence-corrected chi connectivity index (χ0v) is 18.7.